The second-order valence-corrected chi connectivity index (χ2v) is 7.57. The van der Waals surface area contributed by atoms with Gasteiger partial charge in [-0.3, -0.25) is 9.89 Å². The second kappa shape index (κ2) is 7.69. The molecule has 1 aliphatic heterocycles. The first-order chi connectivity index (χ1) is 13.6. The first kappa shape index (κ1) is 18.6. The molecule has 0 aromatic carbocycles. The van der Waals surface area contributed by atoms with Crippen LogP contribution >= 0.6 is 0 Å². The fourth-order valence-corrected chi connectivity index (χ4v) is 4.30. The van der Waals surface area contributed by atoms with Gasteiger partial charge in [0.15, 0.2) is 0 Å². The number of aromatic amines is 1. The van der Waals surface area contributed by atoms with Gasteiger partial charge in [-0.1, -0.05) is 6.92 Å². The maximum atomic E-state index is 12.9. The van der Waals surface area contributed by atoms with Gasteiger partial charge in [-0.25, -0.2) is 9.50 Å². The van der Waals surface area contributed by atoms with Crippen LogP contribution in [0.2, 0.25) is 0 Å². The molecule has 8 nitrogen and oxygen atoms in total. The smallest absolute Gasteiger partial charge is 0.252 e. The molecule has 3 aromatic heterocycles. The largest absolute Gasteiger partial charge is 0.342 e. The Hall–Kier alpha value is -2.77. The molecule has 0 bridgehead atoms. The summed E-state index contributed by atoms with van der Waals surface area (Å²) in [4.78, 5) is 23.6. The molecule has 4 rings (SSSR count). The van der Waals surface area contributed by atoms with Crippen LogP contribution in [0.1, 0.15) is 60.3 Å². The molecule has 1 fully saturated rings. The lowest BCUT2D eigenvalue weighted by Gasteiger charge is -2.33. The third-order valence-corrected chi connectivity index (χ3v) is 5.89. The standard InChI is InChI=1S/C20H27N7O/c1-4-15-10-22-25-19(15)16-6-5-9-26(11-16)18(28)8-7-17-13(2)24-20-21-12-23-27(20)14(17)3/h10,12,16H,4-9,11H2,1-3H3,(H,22,25). The van der Waals surface area contributed by atoms with E-state index in [1.165, 1.54) is 17.6 Å². The van der Waals surface area contributed by atoms with E-state index in [1.54, 1.807) is 4.52 Å². The van der Waals surface area contributed by atoms with Gasteiger partial charge in [-0.2, -0.15) is 15.2 Å². The summed E-state index contributed by atoms with van der Waals surface area (Å²) in [5.74, 6) is 1.17. The number of likely N-dealkylation sites (tertiary alicyclic amines) is 1. The Morgan fingerprint density at radius 3 is 3.04 bits per heavy atom. The molecule has 1 unspecified atom stereocenters. The molecule has 1 N–H and O–H groups in total. The molecule has 28 heavy (non-hydrogen) atoms. The van der Waals surface area contributed by atoms with E-state index in [0.717, 1.165) is 49.3 Å². The molecular weight excluding hydrogens is 354 g/mol. The summed E-state index contributed by atoms with van der Waals surface area (Å²) in [7, 11) is 0. The molecule has 148 valence electrons. The molecule has 1 aliphatic rings. The van der Waals surface area contributed by atoms with Crippen molar-refractivity contribution >= 4 is 11.7 Å². The van der Waals surface area contributed by atoms with Crippen molar-refractivity contribution in [1.29, 1.82) is 0 Å². The average Bonchev–Trinajstić information content (AvgIpc) is 3.36. The minimum absolute atomic E-state index is 0.208. The van der Waals surface area contributed by atoms with Crippen molar-refractivity contribution in [1.82, 2.24) is 34.7 Å². The van der Waals surface area contributed by atoms with Gasteiger partial charge >= 0.3 is 0 Å². The van der Waals surface area contributed by atoms with Crippen LogP contribution in [0.25, 0.3) is 5.78 Å². The third-order valence-electron chi connectivity index (χ3n) is 5.89. The first-order valence-electron chi connectivity index (χ1n) is 10.0. The Kier molecular flexibility index (Phi) is 5.11. The topological polar surface area (TPSA) is 92.1 Å². The Morgan fingerprint density at radius 1 is 1.36 bits per heavy atom. The molecule has 1 saturated heterocycles. The van der Waals surface area contributed by atoms with Crippen LogP contribution < -0.4 is 0 Å². The van der Waals surface area contributed by atoms with Crippen LogP contribution in [0.4, 0.5) is 0 Å². The molecule has 0 saturated carbocycles. The van der Waals surface area contributed by atoms with E-state index in [0.29, 0.717) is 24.5 Å². The van der Waals surface area contributed by atoms with Crippen LogP contribution in [-0.4, -0.2) is 53.7 Å². The predicted octanol–water partition coefficient (Wildman–Crippen LogP) is 2.37. The molecule has 1 atom stereocenters. The normalized spacial score (nSPS) is 17.4. The summed E-state index contributed by atoms with van der Waals surface area (Å²) >= 11 is 0. The zero-order chi connectivity index (χ0) is 19.7. The van der Waals surface area contributed by atoms with Crippen molar-refractivity contribution in [3.8, 4) is 0 Å². The summed E-state index contributed by atoms with van der Waals surface area (Å²) in [6.07, 6.45) is 7.68. The summed E-state index contributed by atoms with van der Waals surface area (Å²) < 4.78 is 1.74. The lowest BCUT2D eigenvalue weighted by Crippen LogP contribution is -2.39. The lowest BCUT2D eigenvalue weighted by atomic mass is 9.91. The summed E-state index contributed by atoms with van der Waals surface area (Å²) in [6.45, 7) is 7.74. The van der Waals surface area contributed by atoms with E-state index in [4.69, 9.17) is 0 Å². The molecule has 3 aromatic rings. The number of rotatable bonds is 5. The maximum Gasteiger partial charge on any atom is 0.252 e. The van der Waals surface area contributed by atoms with Crippen molar-refractivity contribution in [3.05, 3.63) is 40.7 Å². The van der Waals surface area contributed by atoms with E-state index < -0.39 is 0 Å². The van der Waals surface area contributed by atoms with Gasteiger partial charge in [0, 0.05) is 42.5 Å². The van der Waals surface area contributed by atoms with Crippen LogP contribution in [0.3, 0.4) is 0 Å². The number of H-pyrrole nitrogens is 1. The van der Waals surface area contributed by atoms with Gasteiger partial charge in [-0.05, 0) is 50.7 Å². The zero-order valence-corrected chi connectivity index (χ0v) is 16.8. The molecular formula is C20H27N7O. The fourth-order valence-electron chi connectivity index (χ4n) is 4.30. The minimum Gasteiger partial charge on any atom is -0.342 e. The highest BCUT2D eigenvalue weighted by molar-refractivity contribution is 5.76. The molecule has 4 heterocycles. The van der Waals surface area contributed by atoms with Crippen LogP contribution in [0, 0.1) is 13.8 Å². The highest BCUT2D eigenvalue weighted by Crippen LogP contribution is 2.28. The number of aryl methyl sites for hydroxylation is 3. The maximum absolute atomic E-state index is 12.9. The van der Waals surface area contributed by atoms with Crippen molar-refractivity contribution in [2.24, 2.45) is 0 Å². The molecule has 0 spiro atoms. The fraction of sp³-hybridized carbons (Fsp3) is 0.550. The van der Waals surface area contributed by atoms with Crippen molar-refractivity contribution in [2.75, 3.05) is 13.1 Å². The minimum atomic E-state index is 0.208. The summed E-state index contributed by atoms with van der Waals surface area (Å²) in [6, 6.07) is 0. The van der Waals surface area contributed by atoms with E-state index in [-0.39, 0.29) is 5.91 Å². The van der Waals surface area contributed by atoms with Gasteiger partial charge in [0.05, 0.1) is 6.20 Å². The number of aromatic nitrogens is 6. The second-order valence-electron chi connectivity index (χ2n) is 7.57. The monoisotopic (exact) mass is 381 g/mol. The van der Waals surface area contributed by atoms with Gasteiger partial charge < -0.3 is 4.90 Å². The van der Waals surface area contributed by atoms with Crippen LogP contribution in [0.5, 0.6) is 0 Å². The number of nitrogens with one attached hydrogen (secondary N) is 1. The summed E-state index contributed by atoms with van der Waals surface area (Å²) in [5, 5.41) is 11.6. The molecule has 0 aliphatic carbocycles. The number of hydrogen-bond acceptors (Lipinski definition) is 5. The Morgan fingerprint density at radius 2 is 2.21 bits per heavy atom. The lowest BCUT2D eigenvalue weighted by molar-refractivity contribution is -0.132. The summed E-state index contributed by atoms with van der Waals surface area (Å²) in [5.41, 5.74) is 5.48. The Labute approximate surface area is 164 Å². The SMILES string of the molecule is CCc1cn[nH]c1C1CCCN(C(=O)CCc2c(C)nc3ncnn3c2C)C1. The zero-order valence-electron chi connectivity index (χ0n) is 16.8. The molecule has 0 radical (unpaired) electrons. The number of nitrogens with zero attached hydrogens (tertiary/aromatic N) is 6. The van der Waals surface area contributed by atoms with E-state index in [9.17, 15) is 4.79 Å². The van der Waals surface area contributed by atoms with Gasteiger partial charge in [0.25, 0.3) is 5.78 Å². The van der Waals surface area contributed by atoms with E-state index in [2.05, 4.69) is 32.2 Å². The van der Waals surface area contributed by atoms with Gasteiger partial charge in [0.1, 0.15) is 6.33 Å². The number of carbonyl (C=O) groups is 1. The van der Waals surface area contributed by atoms with E-state index in [1.807, 2.05) is 24.9 Å². The number of hydrogen-bond donors (Lipinski definition) is 1. The van der Waals surface area contributed by atoms with Gasteiger partial charge in [0.2, 0.25) is 5.91 Å². The van der Waals surface area contributed by atoms with Crippen molar-refractivity contribution in [2.45, 2.75) is 58.8 Å². The number of amides is 1. The number of fused-ring (bicyclic) bond motifs is 1. The number of carbonyl (C=O) groups excluding carboxylic acids is 1. The average molecular weight is 381 g/mol. The Balaban J connectivity index is 1.44. The predicted molar refractivity (Wildman–Crippen MR) is 105 cm³/mol. The van der Waals surface area contributed by atoms with Crippen molar-refractivity contribution in [3.63, 3.8) is 0 Å². The Bertz CT molecular complexity index is 990. The van der Waals surface area contributed by atoms with Gasteiger partial charge in [-0.15, -0.1) is 0 Å². The van der Waals surface area contributed by atoms with E-state index >= 15 is 0 Å². The third kappa shape index (κ3) is 3.39. The highest BCUT2D eigenvalue weighted by Gasteiger charge is 2.27. The van der Waals surface area contributed by atoms with Crippen LogP contribution in [-0.2, 0) is 17.6 Å². The van der Waals surface area contributed by atoms with Crippen molar-refractivity contribution < 1.29 is 4.79 Å². The highest BCUT2D eigenvalue weighted by atomic mass is 16.2. The first-order valence-corrected chi connectivity index (χ1v) is 10.0. The quantitative estimate of drug-likeness (QED) is 0.732. The molecule has 8 heteroatoms. The van der Waals surface area contributed by atoms with Crippen LogP contribution in [0.15, 0.2) is 12.5 Å². The number of piperidine rings is 1. The molecule has 1 amide bonds.